The molecule has 0 aliphatic heterocycles. The van der Waals surface area contributed by atoms with Gasteiger partial charge in [0.05, 0.1) is 19.0 Å². The molecule has 1 N–H and O–H groups in total. The highest BCUT2D eigenvalue weighted by molar-refractivity contribution is 5.99. The summed E-state index contributed by atoms with van der Waals surface area (Å²) in [5.74, 6) is 0.312. The molecule has 0 atom stereocenters. The summed E-state index contributed by atoms with van der Waals surface area (Å²) in [7, 11) is 1.59. The average molecular weight is 436 g/mol. The van der Waals surface area contributed by atoms with Crippen molar-refractivity contribution in [3.05, 3.63) is 83.2 Å². The Balaban J connectivity index is 1.62. The fourth-order valence-electron chi connectivity index (χ4n) is 3.49. The third-order valence-electron chi connectivity index (χ3n) is 5.19. The fourth-order valence-corrected chi connectivity index (χ4v) is 3.49. The lowest BCUT2D eigenvalue weighted by Crippen LogP contribution is -2.26. The van der Waals surface area contributed by atoms with Gasteiger partial charge in [-0.05, 0) is 31.0 Å². The highest BCUT2D eigenvalue weighted by atomic mass is 19.3. The minimum absolute atomic E-state index is 0.0909. The number of alkyl halides is 2. The predicted molar refractivity (Wildman–Crippen MR) is 117 cm³/mol. The number of rotatable bonds is 7. The second kappa shape index (κ2) is 9.13. The van der Waals surface area contributed by atoms with E-state index in [1.165, 1.54) is 12.3 Å². The van der Waals surface area contributed by atoms with Crippen molar-refractivity contribution in [2.24, 2.45) is 0 Å². The maximum absolute atomic E-state index is 13.7. The van der Waals surface area contributed by atoms with E-state index in [0.717, 1.165) is 21.4 Å². The van der Waals surface area contributed by atoms with Crippen molar-refractivity contribution < 1.29 is 18.3 Å². The molecule has 2 aromatic carbocycles. The van der Waals surface area contributed by atoms with Gasteiger partial charge in [-0.3, -0.25) is 4.79 Å². The Morgan fingerprint density at radius 2 is 1.91 bits per heavy atom. The second-order valence-electron chi connectivity index (χ2n) is 7.34. The average Bonchev–Trinajstić information content (AvgIpc) is 3.23. The fraction of sp³-hybridized carbons (Fsp3) is 0.208. The standard InChI is InChI=1S/C24H22F2N4O2/c1-15-7-9-16(10-8-15)19-13-20(22(25)26)30-23(29-19)18(14-28-30)24(31)27-12-11-17-5-3-4-6-21(17)32-2/h3-10,13-14,22H,11-12H2,1-2H3,(H,27,31). The van der Waals surface area contributed by atoms with Gasteiger partial charge in [-0.2, -0.15) is 5.10 Å². The molecule has 0 aliphatic rings. The third kappa shape index (κ3) is 4.30. The molecule has 0 bridgehead atoms. The predicted octanol–water partition coefficient (Wildman–Crippen LogP) is 4.62. The lowest BCUT2D eigenvalue weighted by molar-refractivity contribution is 0.0955. The van der Waals surface area contributed by atoms with Gasteiger partial charge in [0.15, 0.2) is 5.65 Å². The van der Waals surface area contributed by atoms with E-state index in [1.54, 1.807) is 7.11 Å². The lowest BCUT2D eigenvalue weighted by Gasteiger charge is -2.10. The minimum atomic E-state index is -2.77. The van der Waals surface area contributed by atoms with E-state index in [9.17, 15) is 13.6 Å². The van der Waals surface area contributed by atoms with Crippen LogP contribution in [0.5, 0.6) is 5.75 Å². The molecule has 0 fully saturated rings. The first-order valence-corrected chi connectivity index (χ1v) is 10.1. The lowest BCUT2D eigenvalue weighted by atomic mass is 10.1. The van der Waals surface area contributed by atoms with Crippen LogP contribution in [0, 0.1) is 6.92 Å². The van der Waals surface area contributed by atoms with E-state index >= 15 is 0 Å². The SMILES string of the molecule is COc1ccccc1CCNC(=O)c1cnn2c(C(F)F)cc(-c3ccc(C)cc3)nc12. The van der Waals surface area contributed by atoms with Crippen LogP contribution in [0.4, 0.5) is 8.78 Å². The Morgan fingerprint density at radius 1 is 1.16 bits per heavy atom. The molecule has 0 unspecified atom stereocenters. The number of halogens is 2. The van der Waals surface area contributed by atoms with Gasteiger partial charge in [-0.1, -0.05) is 48.0 Å². The number of nitrogens with zero attached hydrogens (tertiary/aromatic N) is 3. The number of aryl methyl sites for hydroxylation is 1. The van der Waals surface area contributed by atoms with Crippen molar-refractivity contribution in [1.82, 2.24) is 19.9 Å². The first kappa shape index (κ1) is 21.4. The van der Waals surface area contributed by atoms with Crippen LogP contribution in [-0.4, -0.2) is 34.2 Å². The number of methoxy groups -OCH3 is 1. The van der Waals surface area contributed by atoms with E-state index in [0.29, 0.717) is 24.2 Å². The molecule has 32 heavy (non-hydrogen) atoms. The molecular weight excluding hydrogens is 414 g/mol. The van der Waals surface area contributed by atoms with E-state index in [4.69, 9.17) is 4.74 Å². The van der Waals surface area contributed by atoms with Gasteiger partial charge in [0.1, 0.15) is 17.0 Å². The number of benzene rings is 2. The van der Waals surface area contributed by atoms with Crippen LogP contribution in [0.1, 0.15) is 33.6 Å². The molecule has 4 rings (SSSR count). The number of ether oxygens (including phenoxy) is 1. The van der Waals surface area contributed by atoms with Crippen LogP contribution >= 0.6 is 0 Å². The number of para-hydroxylation sites is 1. The maximum atomic E-state index is 13.7. The summed E-state index contributed by atoms with van der Waals surface area (Å²) in [6.07, 6.45) is -0.948. The zero-order valence-corrected chi connectivity index (χ0v) is 17.7. The molecule has 0 radical (unpaired) electrons. The number of amides is 1. The number of fused-ring (bicyclic) bond motifs is 1. The first-order chi connectivity index (χ1) is 15.5. The number of carbonyl (C=O) groups excluding carboxylic acids is 1. The molecule has 0 spiro atoms. The van der Waals surface area contributed by atoms with Gasteiger partial charge in [0.25, 0.3) is 12.3 Å². The van der Waals surface area contributed by atoms with Crippen LogP contribution in [0.25, 0.3) is 16.9 Å². The molecule has 2 heterocycles. The molecule has 6 nitrogen and oxygen atoms in total. The number of nitrogens with one attached hydrogen (secondary N) is 1. The summed E-state index contributed by atoms with van der Waals surface area (Å²) in [5, 5.41) is 6.81. The van der Waals surface area contributed by atoms with Crippen molar-refractivity contribution in [3.63, 3.8) is 0 Å². The number of hydrogen-bond acceptors (Lipinski definition) is 4. The van der Waals surface area contributed by atoms with Crippen LogP contribution in [0.3, 0.4) is 0 Å². The first-order valence-electron chi connectivity index (χ1n) is 10.1. The van der Waals surface area contributed by atoms with Crippen molar-refractivity contribution in [2.75, 3.05) is 13.7 Å². The van der Waals surface area contributed by atoms with Gasteiger partial charge < -0.3 is 10.1 Å². The Labute approximate surface area is 183 Å². The molecular formula is C24H22F2N4O2. The topological polar surface area (TPSA) is 68.5 Å². The van der Waals surface area contributed by atoms with E-state index in [1.807, 2.05) is 55.5 Å². The molecule has 2 aromatic heterocycles. The molecule has 0 saturated carbocycles. The largest absolute Gasteiger partial charge is 0.496 e. The zero-order valence-electron chi connectivity index (χ0n) is 17.7. The number of hydrogen-bond donors (Lipinski definition) is 1. The van der Waals surface area contributed by atoms with Gasteiger partial charge >= 0.3 is 0 Å². The van der Waals surface area contributed by atoms with Gasteiger partial charge in [0.2, 0.25) is 0 Å². The van der Waals surface area contributed by atoms with Crippen molar-refractivity contribution in [3.8, 4) is 17.0 Å². The molecule has 0 saturated heterocycles. The van der Waals surface area contributed by atoms with Crippen molar-refractivity contribution >= 4 is 11.6 Å². The van der Waals surface area contributed by atoms with Crippen molar-refractivity contribution in [2.45, 2.75) is 19.8 Å². The summed E-state index contributed by atoms with van der Waals surface area (Å²) in [5.41, 5.74) is 2.95. The van der Waals surface area contributed by atoms with Crippen LogP contribution in [0.15, 0.2) is 60.8 Å². The van der Waals surface area contributed by atoms with Crippen LogP contribution < -0.4 is 10.1 Å². The van der Waals surface area contributed by atoms with Crippen molar-refractivity contribution in [1.29, 1.82) is 0 Å². The van der Waals surface area contributed by atoms with Crippen LogP contribution in [-0.2, 0) is 6.42 Å². The summed E-state index contributed by atoms with van der Waals surface area (Å²) in [6, 6.07) is 16.2. The smallest absolute Gasteiger partial charge is 0.280 e. The quantitative estimate of drug-likeness (QED) is 0.459. The molecule has 164 valence electrons. The molecule has 4 aromatic rings. The summed E-state index contributed by atoms with van der Waals surface area (Å²) in [4.78, 5) is 17.3. The maximum Gasteiger partial charge on any atom is 0.280 e. The minimum Gasteiger partial charge on any atom is -0.496 e. The summed E-state index contributed by atoms with van der Waals surface area (Å²) >= 11 is 0. The summed E-state index contributed by atoms with van der Waals surface area (Å²) < 4.78 is 33.8. The summed E-state index contributed by atoms with van der Waals surface area (Å²) in [6.45, 7) is 2.28. The Kier molecular flexibility index (Phi) is 6.11. The highest BCUT2D eigenvalue weighted by Crippen LogP contribution is 2.27. The Hall–Kier alpha value is -3.81. The Morgan fingerprint density at radius 3 is 2.62 bits per heavy atom. The van der Waals surface area contributed by atoms with Gasteiger partial charge in [0, 0.05) is 12.1 Å². The van der Waals surface area contributed by atoms with E-state index in [-0.39, 0.29) is 16.9 Å². The molecule has 0 aliphatic carbocycles. The van der Waals surface area contributed by atoms with Gasteiger partial charge in [-0.15, -0.1) is 0 Å². The molecule has 8 heteroatoms. The van der Waals surface area contributed by atoms with E-state index in [2.05, 4.69) is 15.4 Å². The Bertz CT molecular complexity index is 1250. The number of aromatic nitrogens is 3. The molecule has 1 amide bonds. The second-order valence-corrected chi connectivity index (χ2v) is 7.34. The third-order valence-corrected chi connectivity index (χ3v) is 5.19. The highest BCUT2D eigenvalue weighted by Gasteiger charge is 2.21. The van der Waals surface area contributed by atoms with Gasteiger partial charge in [-0.25, -0.2) is 18.3 Å². The van der Waals surface area contributed by atoms with E-state index < -0.39 is 12.3 Å². The van der Waals surface area contributed by atoms with Crippen LogP contribution in [0.2, 0.25) is 0 Å². The monoisotopic (exact) mass is 436 g/mol. The normalized spacial score (nSPS) is 11.2. The zero-order chi connectivity index (χ0) is 22.7. The number of carbonyl (C=O) groups is 1.